The van der Waals surface area contributed by atoms with Gasteiger partial charge in [-0.3, -0.25) is 9.36 Å². The van der Waals surface area contributed by atoms with Gasteiger partial charge in [0.15, 0.2) is 5.82 Å². The fourth-order valence-electron chi connectivity index (χ4n) is 4.42. The van der Waals surface area contributed by atoms with E-state index in [1.807, 2.05) is 71.4 Å². The minimum atomic E-state index is -0.128. The van der Waals surface area contributed by atoms with Gasteiger partial charge in [-0.1, -0.05) is 75.6 Å². The summed E-state index contributed by atoms with van der Waals surface area (Å²) >= 11 is 3.50. The number of benzene rings is 4. The number of halogens is 1. The van der Waals surface area contributed by atoms with Crippen LogP contribution in [0.4, 0.5) is 0 Å². The second-order valence-electron chi connectivity index (χ2n) is 9.10. The molecule has 6 aromatic rings. The minimum absolute atomic E-state index is 0.128. The second kappa shape index (κ2) is 9.30. The third-order valence-electron chi connectivity index (χ3n) is 6.42. The molecule has 0 saturated heterocycles. The maximum Gasteiger partial charge on any atom is 0.266 e. The first-order valence-corrected chi connectivity index (χ1v) is 12.8. The molecule has 0 spiro atoms. The fourth-order valence-corrected chi connectivity index (χ4v) is 4.69. The van der Waals surface area contributed by atoms with E-state index in [0.29, 0.717) is 16.7 Å². The van der Waals surface area contributed by atoms with Crippen LogP contribution in [0.3, 0.4) is 0 Å². The Morgan fingerprint density at radius 3 is 2.05 bits per heavy atom. The summed E-state index contributed by atoms with van der Waals surface area (Å²) in [7, 11) is 0. The Morgan fingerprint density at radius 2 is 1.35 bits per heavy atom. The summed E-state index contributed by atoms with van der Waals surface area (Å²) in [6.07, 6.45) is 0. The van der Waals surface area contributed by atoms with Crippen LogP contribution in [0.2, 0.25) is 0 Å². The maximum atomic E-state index is 13.9. The van der Waals surface area contributed by atoms with Crippen LogP contribution >= 0.6 is 15.9 Å². The molecule has 37 heavy (non-hydrogen) atoms. The van der Waals surface area contributed by atoms with Crippen molar-refractivity contribution in [3.05, 3.63) is 129 Å². The maximum absolute atomic E-state index is 13.9. The van der Waals surface area contributed by atoms with Crippen molar-refractivity contribution in [1.82, 2.24) is 19.3 Å². The highest BCUT2D eigenvalue weighted by Gasteiger charge is 2.21. The molecule has 0 saturated carbocycles. The second-order valence-corrected chi connectivity index (χ2v) is 10.0. The Hall–Kier alpha value is -4.29. The lowest BCUT2D eigenvalue weighted by molar-refractivity contribution is 0.864. The summed E-state index contributed by atoms with van der Waals surface area (Å²) < 4.78 is 4.49. The molecule has 180 valence electrons. The van der Waals surface area contributed by atoms with Gasteiger partial charge in [-0.25, -0.2) is 9.67 Å². The van der Waals surface area contributed by atoms with Gasteiger partial charge in [-0.2, -0.15) is 5.10 Å². The third-order valence-corrected chi connectivity index (χ3v) is 6.95. The van der Waals surface area contributed by atoms with E-state index in [2.05, 4.69) is 66.2 Å². The van der Waals surface area contributed by atoms with E-state index >= 15 is 0 Å². The molecular weight excluding hydrogens is 524 g/mol. The average Bonchev–Trinajstić information content (AvgIpc) is 3.35. The van der Waals surface area contributed by atoms with E-state index < -0.39 is 0 Å². The SMILES string of the molecule is Cc1ccc(-c2cc(-c3nc4ccccc4c(=O)n3-c3ccc(Br)cc3)n(-c3ccc(C)cc3)n2)cc1. The Labute approximate surface area is 222 Å². The standard InChI is InChI=1S/C31H23BrN4O/c1-20-7-11-22(12-8-20)28-19-29(36(34-28)25-15-9-21(2)10-16-25)30-33-27-6-4-3-5-26(27)31(37)35(30)24-17-13-23(32)14-18-24/h3-19H,1-2H3. The number of hydrogen-bond donors (Lipinski definition) is 0. The Balaban J connectivity index is 1.68. The average molecular weight is 547 g/mol. The first-order valence-electron chi connectivity index (χ1n) is 12.0. The van der Waals surface area contributed by atoms with Crippen molar-refractivity contribution in [2.75, 3.05) is 0 Å². The topological polar surface area (TPSA) is 52.7 Å². The van der Waals surface area contributed by atoms with Crippen LogP contribution in [-0.4, -0.2) is 19.3 Å². The van der Waals surface area contributed by atoms with E-state index in [4.69, 9.17) is 10.1 Å². The zero-order valence-corrected chi connectivity index (χ0v) is 22.0. The molecule has 6 rings (SSSR count). The molecule has 0 unspecified atom stereocenters. The number of nitrogens with zero attached hydrogens (tertiary/aromatic N) is 4. The molecule has 2 aromatic heterocycles. The van der Waals surface area contributed by atoms with Crippen LogP contribution in [0, 0.1) is 13.8 Å². The highest BCUT2D eigenvalue weighted by molar-refractivity contribution is 9.10. The van der Waals surface area contributed by atoms with Crippen molar-refractivity contribution in [2.24, 2.45) is 0 Å². The van der Waals surface area contributed by atoms with Crippen molar-refractivity contribution in [3.8, 4) is 34.2 Å². The van der Waals surface area contributed by atoms with Gasteiger partial charge in [0, 0.05) is 10.0 Å². The van der Waals surface area contributed by atoms with Gasteiger partial charge in [0.25, 0.3) is 5.56 Å². The normalized spacial score (nSPS) is 11.2. The molecule has 6 heteroatoms. The van der Waals surface area contributed by atoms with E-state index in [1.165, 1.54) is 5.56 Å². The van der Waals surface area contributed by atoms with Crippen LogP contribution < -0.4 is 5.56 Å². The number of aryl methyl sites for hydroxylation is 2. The van der Waals surface area contributed by atoms with E-state index in [1.54, 1.807) is 4.57 Å². The van der Waals surface area contributed by atoms with Crippen molar-refractivity contribution in [1.29, 1.82) is 0 Å². The predicted molar refractivity (Wildman–Crippen MR) is 153 cm³/mol. The molecule has 0 amide bonds. The van der Waals surface area contributed by atoms with Crippen LogP contribution in [0.5, 0.6) is 0 Å². The molecule has 0 aliphatic heterocycles. The fraction of sp³-hybridized carbons (Fsp3) is 0.0645. The Kier molecular flexibility index (Phi) is 5.81. The zero-order chi connectivity index (χ0) is 25.5. The van der Waals surface area contributed by atoms with Crippen LogP contribution in [0.25, 0.3) is 45.1 Å². The minimum Gasteiger partial charge on any atom is -0.268 e. The molecule has 0 bridgehead atoms. The molecule has 4 aromatic carbocycles. The molecule has 0 atom stereocenters. The molecule has 5 nitrogen and oxygen atoms in total. The summed E-state index contributed by atoms with van der Waals surface area (Å²) in [6.45, 7) is 4.12. The lowest BCUT2D eigenvalue weighted by atomic mass is 10.1. The van der Waals surface area contributed by atoms with Gasteiger partial charge in [-0.05, 0) is 68.4 Å². The number of hydrogen-bond acceptors (Lipinski definition) is 3. The van der Waals surface area contributed by atoms with E-state index in [-0.39, 0.29) is 5.56 Å². The first-order chi connectivity index (χ1) is 18.0. The Morgan fingerprint density at radius 1 is 0.730 bits per heavy atom. The van der Waals surface area contributed by atoms with Crippen molar-refractivity contribution in [3.63, 3.8) is 0 Å². The number of para-hydroxylation sites is 1. The molecule has 2 heterocycles. The molecule has 0 aliphatic rings. The Bertz CT molecular complexity index is 1800. The third kappa shape index (κ3) is 4.30. The molecule has 0 radical (unpaired) electrons. The van der Waals surface area contributed by atoms with Gasteiger partial charge in [-0.15, -0.1) is 0 Å². The van der Waals surface area contributed by atoms with E-state index in [0.717, 1.165) is 38.4 Å². The summed E-state index contributed by atoms with van der Waals surface area (Å²) in [6, 6.07) is 33.6. The van der Waals surface area contributed by atoms with Crippen LogP contribution in [-0.2, 0) is 0 Å². The highest BCUT2D eigenvalue weighted by atomic mass is 79.9. The molecule has 0 N–H and O–H groups in total. The molecular formula is C31H23BrN4O. The van der Waals surface area contributed by atoms with E-state index in [9.17, 15) is 4.79 Å². The summed E-state index contributed by atoms with van der Waals surface area (Å²) in [5, 5.41) is 5.56. The smallest absolute Gasteiger partial charge is 0.266 e. The monoisotopic (exact) mass is 546 g/mol. The van der Waals surface area contributed by atoms with Gasteiger partial charge in [0.1, 0.15) is 5.69 Å². The van der Waals surface area contributed by atoms with Crippen LogP contribution in [0.1, 0.15) is 11.1 Å². The summed E-state index contributed by atoms with van der Waals surface area (Å²) in [4.78, 5) is 18.9. The predicted octanol–water partition coefficient (Wildman–Crippen LogP) is 7.28. The van der Waals surface area contributed by atoms with Crippen molar-refractivity contribution >= 4 is 26.8 Å². The highest BCUT2D eigenvalue weighted by Crippen LogP contribution is 2.30. The van der Waals surface area contributed by atoms with Gasteiger partial charge < -0.3 is 0 Å². The number of fused-ring (bicyclic) bond motifs is 1. The lowest BCUT2D eigenvalue weighted by Crippen LogP contribution is -2.22. The van der Waals surface area contributed by atoms with Gasteiger partial charge in [0.05, 0.1) is 28.0 Å². The van der Waals surface area contributed by atoms with Gasteiger partial charge >= 0.3 is 0 Å². The number of rotatable bonds is 4. The van der Waals surface area contributed by atoms with Crippen molar-refractivity contribution < 1.29 is 0 Å². The molecule has 0 fully saturated rings. The van der Waals surface area contributed by atoms with Gasteiger partial charge in [0.2, 0.25) is 0 Å². The summed E-state index contributed by atoms with van der Waals surface area (Å²) in [5.41, 5.74) is 7.01. The molecule has 0 aliphatic carbocycles. The quantitative estimate of drug-likeness (QED) is 0.233. The number of aromatic nitrogens is 4. The summed E-state index contributed by atoms with van der Waals surface area (Å²) in [5.74, 6) is 0.525. The zero-order valence-electron chi connectivity index (χ0n) is 20.4. The van der Waals surface area contributed by atoms with Crippen LogP contribution in [0.15, 0.2) is 112 Å². The lowest BCUT2D eigenvalue weighted by Gasteiger charge is -2.15. The van der Waals surface area contributed by atoms with Crippen molar-refractivity contribution in [2.45, 2.75) is 13.8 Å². The largest absolute Gasteiger partial charge is 0.268 e. The first kappa shape index (κ1) is 23.1.